The summed E-state index contributed by atoms with van der Waals surface area (Å²) in [6, 6.07) is 155. The van der Waals surface area contributed by atoms with Crippen LogP contribution in [0.4, 0.5) is 0 Å². The van der Waals surface area contributed by atoms with Crippen LogP contribution in [0.3, 0.4) is 0 Å². The molecule has 0 aliphatic heterocycles. The largest absolute Gasteiger partial charge is 0.305 e. The van der Waals surface area contributed by atoms with E-state index in [0.29, 0.717) is 0 Å². The van der Waals surface area contributed by atoms with Gasteiger partial charge < -0.3 is 19.9 Å². The molecule has 0 atom stereocenters. The predicted molar refractivity (Wildman–Crippen MR) is 592 cm³/mol. The van der Waals surface area contributed by atoms with Crippen LogP contribution in [0.1, 0.15) is 54.2 Å². The Kier molecular flexibility index (Phi) is 46.8. The zero-order chi connectivity index (χ0) is 97.1. The summed E-state index contributed by atoms with van der Waals surface area (Å²) in [6.07, 6.45) is 15.5. The number of pyridine rings is 8. The molecule has 8 nitrogen and oxygen atoms in total. The molecular formula is C126H122Ge4Ir4N8-8. The van der Waals surface area contributed by atoms with E-state index in [9.17, 15) is 0 Å². The van der Waals surface area contributed by atoms with Gasteiger partial charge in [0.05, 0.1) is 0 Å². The van der Waals surface area contributed by atoms with Crippen LogP contribution in [0.15, 0.2) is 413 Å². The average Bonchev–Trinajstić information content (AvgIpc) is 1.22. The Morgan fingerprint density at radius 3 is 0.845 bits per heavy atom. The molecular weight excluding hydrogens is 2680 g/mol. The predicted octanol–water partition coefficient (Wildman–Crippen LogP) is 30.1. The van der Waals surface area contributed by atoms with E-state index in [0.717, 1.165) is 113 Å². The van der Waals surface area contributed by atoms with Crippen molar-refractivity contribution in [3.63, 3.8) is 0 Å². The van der Waals surface area contributed by atoms with E-state index in [1.54, 1.807) is 16.2 Å². The van der Waals surface area contributed by atoms with Crippen molar-refractivity contribution in [2.45, 2.75) is 121 Å². The number of aromatic nitrogens is 8. The minimum atomic E-state index is -1.99. The van der Waals surface area contributed by atoms with E-state index < -0.39 is 53.1 Å². The quantitative estimate of drug-likeness (QED) is 0.0696. The maximum absolute atomic E-state index is 4.90. The van der Waals surface area contributed by atoms with Crippen LogP contribution in [0.2, 0.25) is 69.1 Å². The molecule has 20 rings (SSSR count). The molecule has 4 radical (unpaired) electrons. The molecule has 8 heterocycles. The number of hydrogen-bond acceptors (Lipinski definition) is 8. The third-order valence-electron chi connectivity index (χ3n) is 23.2. The Balaban J connectivity index is 0.000000183. The van der Waals surface area contributed by atoms with Crippen molar-refractivity contribution in [3.05, 3.63) is 484 Å². The molecule has 0 spiro atoms. The fourth-order valence-corrected chi connectivity index (χ4v) is 25.5. The van der Waals surface area contributed by atoms with Gasteiger partial charge in [-0.05, 0) is 67.8 Å². The van der Waals surface area contributed by atoms with Gasteiger partial charge in [-0.2, -0.15) is 0 Å². The molecule has 0 saturated heterocycles. The van der Waals surface area contributed by atoms with E-state index in [1.165, 1.54) is 72.3 Å². The molecule has 1 aliphatic rings. The molecule has 142 heavy (non-hydrogen) atoms. The standard InChI is InChI=1S/C25H28GeN.2C20H20GeN.C14H16GeN.3C12H10N.C11H8N.4Ir/c1-26(2,3)24-17-25(27-18-23(24)20-12-7-8-13-20)22-15-9-14-21(16-22)19-10-5-4-6-11-19;1-21(2,3)19-12-13-20(22-15-19)18-11-7-10-17(14-18)16-8-5-4-6-9-16;1-21(2,3)19-13-14-20(22-15-19)18-11-9-17(10-12-18)16-7-5-4-6-8-16;1-15(2,3)13-9-10-14(16-11-13)12-7-5-4-6-8-12;3*1-10-6-5-9-12(13-10)11-7-3-2-4-8-11;1-2-6-10(7-3-1)11-8-4-5-9-12-11;;;;/h4-6,9-11,14,16-18,20H,7-8,12-13H2,1-3H3;4-10,12-15H,1-3H3;4-11,13-15H,1-3H3;4-7,9-11H,1-3H3;3*2-7,9H,1H3;1-6,8-9H;;;;/q8*-1;;;;. The maximum Gasteiger partial charge on any atom is 0.0160 e. The van der Waals surface area contributed by atoms with Crippen LogP contribution >= 0.6 is 0 Å². The van der Waals surface area contributed by atoms with Crippen molar-refractivity contribution >= 4 is 70.6 Å². The molecule has 1 fully saturated rings. The number of hydrogen-bond donors (Lipinski definition) is 0. The van der Waals surface area contributed by atoms with Crippen molar-refractivity contribution < 1.29 is 80.4 Å². The van der Waals surface area contributed by atoms with Crippen LogP contribution in [-0.2, 0) is 80.4 Å². The monoisotopic (exact) mass is 2810 g/mol. The van der Waals surface area contributed by atoms with Gasteiger partial charge >= 0.3 is 537 Å². The van der Waals surface area contributed by atoms with Crippen molar-refractivity contribution in [2.24, 2.45) is 0 Å². The minimum Gasteiger partial charge on any atom is -0.305 e. The average molecular weight is 2810 g/mol. The van der Waals surface area contributed by atoms with E-state index in [-0.39, 0.29) is 80.4 Å². The van der Waals surface area contributed by atoms with Gasteiger partial charge in [0.15, 0.2) is 0 Å². The van der Waals surface area contributed by atoms with Crippen molar-refractivity contribution in [2.75, 3.05) is 0 Å². The van der Waals surface area contributed by atoms with Crippen molar-refractivity contribution in [1.29, 1.82) is 0 Å². The summed E-state index contributed by atoms with van der Waals surface area (Å²) in [6.45, 7) is 5.98. The van der Waals surface area contributed by atoms with Crippen molar-refractivity contribution in [3.8, 4) is 123 Å². The second-order valence-corrected chi connectivity index (χ2v) is 80.6. The summed E-state index contributed by atoms with van der Waals surface area (Å²) < 4.78 is 5.94. The fraction of sp³-hybridized carbons (Fsp3) is 0.159. The molecule has 1 aliphatic carbocycles. The second-order valence-electron chi connectivity index (χ2n) is 38.1. The van der Waals surface area contributed by atoms with Gasteiger partial charge in [0, 0.05) is 104 Å². The van der Waals surface area contributed by atoms with E-state index in [4.69, 9.17) is 4.98 Å². The number of rotatable bonds is 16. The molecule has 11 aromatic carbocycles. The van der Waals surface area contributed by atoms with Gasteiger partial charge in [0.2, 0.25) is 0 Å². The van der Waals surface area contributed by atoms with E-state index in [2.05, 4.69) is 323 Å². The molecule has 19 aromatic rings. The van der Waals surface area contributed by atoms with Crippen molar-refractivity contribution in [1.82, 2.24) is 39.9 Å². The zero-order valence-corrected chi connectivity index (χ0v) is 102. The first kappa shape index (κ1) is 115. The molecule has 16 heteroatoms. The zero-order valence-electron chi connectivity index (χ0n) is 83.6. The molecule has 0 N–H and O–H groups in total. The normalized spacial score (nSPS) is 11.3. The molecule has 0 unspecified atom stereocenters. The molecule has 1 saturated carbocycles. The minimum absolute atomic E-state index is 0. The summed E-state index contributed by atoms with van der Waals surface area (Å²) in [5, 5.41) is 0. The van der Waals surface area contributed by atoms with E-state index in [1.807, 2.05) is 258 Å². The summed E-state index contributed by atoms with van der Waals surface area (Å²) in [5.41, 5.74) is 28.4. The summed E-state index contributed by atoms with van der Waals surface area (Å²) in [5.74, 6) is 29.7. The van der Waals surface area contributed by atoms with Gasteiger partial charge in [-0.25, -0.2) is 0 Å². The Morgan fingerprint density at radius 1 is 0.225 bits per heavy atom. The molecule has 8 aromatic heterocycles. The van der Waals surface area contributed by atoms with Crippen LogP contribution in [0.5, 0.6) is 0 Å². The maximum atomic E-state index is 4.90. The van der Waals surface area contributed by atoms with E-state index >= 15 is 0 Å². The van der Waals surface area contributed by atoms with Crippen LogP contribution in [-0.4, -0.2) is 92.9 Å². The van der Waals surface area contributed by atoms with Crippen LogP contribution in [0, 0.1) is 69.3 Å². The van der Waals surface area contributed by atoms with Gasteiger partial charge in [-0.3, -0.25) is 0 Å². The van der Waals surface area contributed by atoms with Gasteiger partial charge in [-0.15, -0.1) is 144 Å². The molecule has 0 bridgehead atoms. The number of nitrogens with zero attached hydrogens (tertiary/aromatic N) is 8. The first-order valence-corrected chi connectivity index (χ1v) is 76.8. The first-order valence-electron chi connectivity index (χ1n) is 47.4. The summed E-state index contributed by atoms with van der Waals surface area (Å²) >= 11 is -7.27. The Hall–Kier alpha value is -10.6. The third kappa shape index (κ3) is 36.0. The van der Waals surface area contributed by atoms with Gasteiger partial charge in [-0.1, -0.05) is 48.5 Å². The Labute approximate surface area is 910 Å². The third-order valence-corrected chi connectivity index (χ3v) is 40.3. The second kappa shape index (κ2) is 57.8. The van der Waals surface area contributed by atoms with Crippen LogP contribution in [0.25, 0.3) is 123 Å². The molecule has 726 valence electrons. The number of aryl methyl sites for hydroxylation is 3. The summed E-state index contributed by atoms with van der Waals surface area (Å²) in [4.78, 5) is 36.2. The van der Waals surface area contributed by atoms with Crippen LogP contribution < -0.4 is 17.6 Å². The van der Waals surface area contributed by atoms with Gasteiger partial charge in [0.1, 0.15) is 0 Å². The Bertz CT molecular complexity index is 6660. The topological polar surface area (TPSA) is 103 Å². The van der Waals surface area contributed by atoms with Gasteiger partial charge in [0.25, 0.3) is 0 Å². The first-order chi connectivity index (χ1) is 66.7. The molecule has 0 amide bonds. The smallest absolute Gasteiger partial charge is 0.0160 e. The Morgan fingerprint density at radius 2 is 0.535 bits per heavy atom. The fourth-order valence-electron chi connectivity index (χ4n) is 15.4. The number of benzene rings is 11. The summed E-state index contributed by atoms with van der Waals surface area (Å²) in [7, 11) is 0. The SMILES string of the molecule is Cc1cccc(-c2[c-]cccc2)n1.Cc1cccc(-c2[c-]cccc2)n1.Cc1cccc(-c2[c-]cccc2)n1.[CH3][Ge]([CH3])([CH3])[c]1cc(-c2[c-]ccc(-c3ccccc3)c2)ncc1C1CCCC1.[CH3][Ge]([CH3])([CH3])[c]1ccc(-c2[c-]cc(-c3ccccc3)cc2)nc1.[CH3][Ge]([CH3])([CH3])[c]1ccc(-c2[c-]ccc(-c3ccccc3)c2)nc1.[CH3][Ge]([CH3])([CH3])[c]1ccc(-c2[c-]cccc2)nc1.[Ir].[Ir].[Ir].[Ir].[c-]1ccccc1-c1ccccn1.